The molecule has 7 nitrogen and oxygen atoms in total. The molecule has 1 aromatic rings. The second-order valence-electron chi connectivity index (χ2n) is 2.96. The number of esters is 1. The lowest BCUT2D eigenvalue weighted by atomic mass is 10.2. The number of carbonyl (C=O) groups is 2. The SMILES string of the molecule is NC(=O)COC(=O)c1cc(Cl)ccc1[N+](=O)[O-]. The lowest BCUT2D eigenvalue weighted by Crippen LogP contribution is -2.21. The van der Waals surface area contributed by atoms with Crippen LogP contribution in [0, 0.1) is 10.1 Å². The van der Waals surface area contributed by atoms with E-state index in [9.17, 15) is 19.7 Å². The van der Waals surface area contributed by atoms with Gasteiger partial charge in [-0.25, -0.2) is 4.79 Å². The second kappa shape index (κ2) is 5.26. The molecular weight excluding hydrogens is 252 g/mol. The smallest absolute Gasteiger partial charge is 0.345 e. The molecule has 0 saturated heterocycles. The molecule has 90 valence electrons. The van der Waals surface area contributed by atoms with Gasteiger partial charge in [0.05, 0.1) is 4.92 Å². The van der Waals surface area contributed by atoms with E-state index >= 15 is 0 Å². The van der Waals surface area contributed by atoms with Gasteiger partial charge < -0.3 is 10.5 Å². The first kappa shape index (κ1) is 12.9. The van der Waals surface area contributed by atoms with Gasteiger partial charge in [-0.1, -0.05) is 11.6 Å². The summed E-state index contributed by atoms with van der Waals surface area (Å²) in [6.45, 7) is -0.650. The number of amides is 1. The fraction of sp³-hybridized carbons (Fsp3) is 0.111. The molecule has 0 saturated carbocycles. The van der Waals surface area contributed by atoms with E-state index in [1.54, 1.807) is 0 Å². The lowest BCUT2D eigenvalue weighted by Gasteiger charge is -2.03. The number of carbonyl (C=O) groups excluding carboxylic acids is 2. The average Bonchev–Trinajstić information content (AvgIpc) is 2.25. The number of primary amides is 1. The first-order valence-electron chi connectivity index (χ1n) is 4.31. The van der Waals surface area contributed by atoms with Gasteiger partial charge in [-0.2, -0.15) is 0 Å². The van der Waals surface area contributed by atoms with Crippen molar-refractivity contribution in [2.24, 2.45) is 5.73 Å². The number of nitro groups is 1. The van der Waals surface area contributed by atoms with E-state index in [4.69, 9.17) is 17.3 Å². The fourth-order valence-electron chi connectivity index (χ4n) is 1.05. The molecule has 0 spiro atoms. The minimum absolute atomic E-state index is 0.140. The maximum atomic E-state index is 11.4. The summed E-state index contributed by atoms with van der Waals surface area (Å²) in [5.74, 6) is -1.89. The maximum absolute atomic E-state index is 11.4. The van der Waals surface area contributed by atoms with E-state index in [1.807, 2.05) is 0 Å². The van der Waals surface area contributed by atoms with Crippen LogP contribution in [-0.4, -0.2) is 23.4 Å². The van der Waals surface area contributed by atoms with Crippen LogP contribution in [0.25, 0.3) is 0 Å². The quantitative estimate of drug-likeness (QED) is 0.489. The van der Waals surface area contributed by atoms with Gasteiger partial charge in [0, 0.05) is 11.1 Å². The number of nitrogens with zero attached hydrogens (tertiary/aromatic N) is 1. The van der Waals surface area contributed by atoms with E-state index in [2.05, 4.69) is 4.74 Å². The van der Waals surface area contributed by atoms with Gasteiger partial charge in [0.1, 0.15) is 5.56 Å². The average molecular weight is 259 g/mol. The summed E-state index contributed by atoms with van der Waals surface area (Å²) in [5.41, 5.74) is 3.99. The van der Waals surface area contributed by atoms with Gasteiger partial charge >= 0.3 is 5.97 Å². The molecule has 1 rings (SSSR count). The van der Waals surface area contributed by atoms with Crippen LogP contribution < -0.4 is 5.73 Å². The van der Waals surface area contributed by atoms with E-state index < -0.39 is 29.1 Å². The number of hydrogen-bond donors (Lipinski definition) is 1. The van der Waals surface area contributed by atoms with Crippen molar-refractivity contribution in [3.05, 3.63) is 38.9 Å². The molecular formula is C9H7ClN2O5. The molecule has 0 unspecified atom stereocenters. The summed E-state index contributed by atoms with van der Waals surface area (Å²) in [4.78, 5) is 31.7. The summed E-state index contributed by atoms with van der Waals surface area (Å²) in [5, 5.41) is 10.8. The van der Waals surface area contributed by atoms with Gasteiger partial charge in [-0.15, -0.1) is 0 Å². The van der Waals surface area contributed by atoms with Crippen molar-refractivity contribution >= 4 is 29.2 Å². The predicted octanol–water partition coefficient (Wildman–Crippen LogP) is 0.890. The van der Waals surface area contributed by atoms with Crippen molar-refractivity contribution < 1.29 is 19.2 Å². The number of nitro benzene ring substituents is 1. The Morgan fingerprint density at radius 3 is 2.65 bits per heavy atom. The first-order chi connectivity index (χ1) is 7.91. The molecule has 0 radical (unpaired) electrons. The number of rotatable bonds is 4. The Balaban J connectivity index is 3.02. The van der Waals surface area contributed by atoms with Crippen LogP contribution in [0.3, 0.4) is 0 Å². The Hall–Kier alpha value is -2.15. The van der Waals surface area contributed by atoms with Crippen molar-refractivity contribution in [2.75, 3.05) is 6.61 Å². The topological polar surface area (TPSA) is 113 Å². The fourth-order valence-corrected chi connectivity index (χ4v) is 1.22. The summed E-state index contributed by atoms with van der Waals surface area (Å²) in [6.07, 6.45) is 0. The van der Waals surface area contributed by atoms with Gasteiger partial charge in [0.2, 0.25) is 0 Å². The molecule has 1 amide bonds. The Kier molecular flexibility index (Phi) is 4.00. The zero-order chi connectivity index (χ0) is 13.0. The van der Waals surface area contributed by atoms with E-state index in [0.29, 0.717) is 0 Å². The Labute approximate surface area is 100 Å². The lowest BCUT2D eigenvalue weighted by molar-refractivity contribution is -0.385. The maximum Gasteiger partial charge on any atom is 0.345 e. The van der Waals surface area contributed by atoms with Crippen LogP contribution in [0.1, 0.15) is 10.4 Å². The molecule has 0 heterocycles. The summed E-state index contributed by atoms with van der Waals surface area (Å²) >= 11 is 5.61. The van der Waals surface area contributed by atoms with Crippen molar-refractivity contribution in [1.29, 1.82) is 0 Å². The number of hydrogen-bond acceptors (Lipinski definition) is 5. The van der Waals surface area contributed by atoms with Crippen LogP contribution in [0.15, 0.2) is 18.2 Å². The Bertz CT molecular complexity index is 488. The first-order valence-corrected chi connectivity index (χ1v) is 4.69. The molecule has 0 bridgehead atoms. The Morgan fingerprint density at radius 1 is 1.47 bits per heavy atom. The number of halogens is 1. The molecule has 0 atom stereocenters. The zero-order valence-corrected chi connectivity index (χ0v) is 9.14. The third-order valence-electron chi connectivity index (χ3n) is 1.72. The van der Waals surface area contributed by atoms with Crippen molar-refractivity contribution in [2.45, 2.75) is 0 Å². The van der Waals surface area contributed by atoms with E-state index in [-0.39, 0.29) is 10.6 Å². The van der Waals surface area contributed by atoms with Crippen LogP contribution in [-0.2, 0) is 9.53 Å². The van der Waals surface area contributed by atoms with Crippen LogP contribution in [0.2, 0.25) is 5.02 Å². The molecule has 0 aromatic heterocycles. The second-order valence-corrected chi connectivity index (χ2v) is 3.40. The highest BCUT2D eigenvalue weighted by atomic mass is 35.5. The van der Waals surface area contributed by atoms with E-state index in [0.717, 1.165) is 12.1 Å². The number of nitrogens with two attached hydrogens (primary N) is 1. The molecule has 0 aliphatic rings. The van der Waals surface area contributed by atoms with Gasteiger partial charge in [-0.3, -0.25) is 14.9 Å². The highest BCUT2D eigenvalue weighted by Gasteiger charge is 2.22. The molecule has 2 N–H and O–H groups in total. The van der Waals surface area contributed by atoms with Crippen molar-refractivity contribution in [1.82, 2.24) is 0 Å². The van der Waals surface area contributed by atoms with Gasteiger partial charge in [0.15, 0.2) is 6.61 Å². The molecule has 0 aliphatic carbocycles. The van der Waals surface area contributed by atoms with Gasteiger partial charge in [-0.05, 0) is 12.1 Å². The minimum atomic E-state index is -1.03. The predicted molar refractivity (Wildman–Crippen MR) is 57.6 cm³/mol. The Morgan fingerprint density at radius 2 is 2.12 bits per heavy atom. The molecule has 17 heavy (non-hydrogen) atoms. The number of benzene rings is 1. The molecule has 0 fully saturated rings. The third-order valence-corrected chi connectivity index (χ3v) is 1.96. The van der Waals surface area contributed by atoms with Crippen LogP contribution >= 0.6 is 11.6 Å². The van der Waals surface area contributed by atoms with E-state index in [1.165, 1.54) is 6.07 Å². The largest absolute Gasteiger partial charge is 0.452 e. The van der Waals surface area contributed by atoms with Crippen molar-refractivity contribution in [3.63, 3.8) is 0 Å². The standard InChI is InChI=1S/C9H7ClN2O5/c10-5-1-2-7(12(15)16)6(3-5)9(14)17-4-8(11)13/h1-3H,4H2,(H2,11,13). The summed E-state index contributed by atoms with van der Waals surface area (Å²) in [7, 11) is 0. The molecule has 1 aromatic carbocycles. The molecule has 8 heteroatoms. The highest BCUT2D eigenvalue weighted by Crippen LogP contribution is 2.23. The number of ether oxygens (including phenoxy) is 1. The van der Waals surface area contributed by atoms with Crippen molar-refractivity contribution in [3.8, 4) is 0 Å². The van der Waals surface area contributed by atoms with Crippen LogP contribution in [0.4, 0.5) is 5.69 Å². The van der Waals surface area contributed by atoms with Crippen LogP contribution in [0.5, 0.6) is 0 Å². The third kappa shape index (κ3) is 3.42. The van der Waals surface area contributed by atoms with Gasteiger partial charge in [0.25, 0.3) is 11.6 Å². The molecule has 0 aliphatic heterocycles. The zero-order valence-electron chi connectivity index (χ0n) is 8.38. The summed E-state index contributed by atoms with van der Waals surface area (Å²) in [6, 6.07) is 3.43. The minimum Gasteiger partial charge on any atom is -0.452 e. The normalized spacial score (nSPS) is 9.71. The highest BCUT2D eigenvalue weighted by molar-refractivity contribution is 6.31. The summed E-state index contributed by atoms with van der Waals surface area (Å²) < 4.78 is 4.46. The monoisotopic (exact) mass is 258 g/mol.